The molecule has 3 N–H and O–H groups in total. The predicted molar refractivity (Wildman–Crippen MR) is 102 cm³/mol. The fourth-order valence-corrected chi connectivity index (χ4v) is 2.61. The number of anilines is 1. The summed E-state index contributed by atoms with van der Waals surface area (Å²) >= 11 is 0. The van der Waals surface area contributed by atoms with Crippen molar-refractivity contribution in [3.63, 3.8) is 0 Å². The summed E-state index contributed by atoms with van der Waals surface area (Å²) in [5.41, 5.74) is 8.10. The average molecular weight is 364 g/mol. The van der Waals surface area contributed by atoms with Gasteiger partial charge >= 0.3 is 0 Å². The number of nitrogens with zero attached hydrogens (tertiary/aromatic N) is 2. The number of methoxy groups -OCH3 is 1. The Balaban J connectivity index is 1.60. The zero-order valence-corrected chi connectivity index (χ0v) is 14.9. The Kier molecular flexibility index (Phi) is 5.51. The molecule has 0 aliphatic heterocycles. The lowest BCUT2D eigenvalue weighted by Crippen LogP contribution is -2.14. The van der Waals surface area contributed by atoms with E-state index in [1.54, 1.807) is 48.5 Å². The average Bonchev–Trinajstić information content (AvgIpc) is 3.09. The zero-order valence-electron chi connectivity index (χ0n) is 14.9. The van der Waals surface area contributed by atoms with Crippen molar-refractivity contribution in [2.45, 2.75) is 13.0 Å². The van der Waals surface area contributed by atoms with E-state index in [0.29, 0.717) is 17.8 Å². The molecule has 0 atom stereocenters. The first kappa shape index (κ1) is 18.2. The fourth-order valence-electron chi connectivity index (χ4n) is 2.61. The molecule has 138 valence electrons. The maximum Gasteiger partial charge on any atom is 0.255 e. The van der Waals surface area contributed by atoms with E-state index in [4.69, 9.17) is 10.5 Å². The van der Waals surface area contributed by atoms with Gasteiger partial charge in [-0.25, -0.2) is 0 Å². The van der Waals surface area contributed by atoms with Crippen molar-refractivity contribution in [2.24, 2.45) is 5.73 Å². The molecular weight excluding hydrogens is 344 g/mol. The van der Waals surface area contributed by atoms with Crippen LogP contribution in [0.1, 0.15) is 21.5 Å². The molecule has 0 fully saturated rings. The Morgan fingerprint density at radius 2 is 1.74 bits per heavy atom. The number of nitrogens with one attached hydrogen (secondary N) is 1. The molecule has 7 heteroatoms. The second-order valence-electron chi connectivity index (χ2n) is 6.07. The Morgan fingerprint density at radius 1 is 1.07 bits per heavy atom. The molecule has 7 nitrogen and oxygen atoms in total. The van der Waals surface area contributed by atoms with E-state index in [1.807, 2.05) is 24.3 Å². The largest absolute Gasteiger partial charge is 0.497 e. The number of carbonyl (C=O) groups is 2. The van der Waals surface area contributed by atoms with Crippen molar-refractivity contribution in [3.05, 3.63) is 77.6 Å². The predicted octanol–water partition coefficient (Wildman–Crippen LogP) is 2.22. The van der Waals surface area contributed by atoms with E-state index in [0.717, 1.165) is 16.9 Å². The van der Waals surface area contributed by atoms with Crippen molar-refractivity contribution >= 4 is 17.5 Å². The van der Waals surface area contributed by atoms with Crippen LogP contribution in [-0.2, 0) is 17.8 Å². The van der Waals surface area contributed by atoms with Gasteiger partial charge in [-0.2, -0.15) is 5.10 Å². The molecule has 1 aromatic heterocycles. The van der Waals surface area contributed by atoms with Crippen LogP contribution >= 0.6 is 0 Å². The topological polar surface area (TPSA) is 99.2 Å². The van der Waals surface area contributed by atoms with Gasteiger partial charge in [0.15, 0.2) is 0 Å². The van der Waals surface area contributed by atoms with E-state index >= 15 is 0 Å². The fraction of sp³-hybridized carbons (Fsp3) is 0.150. The molecule has 0 unspecified atom stereocenters. The van der Waals surface area contributed by atoms with Crippen LogP contribution < -0.4 is 15.8 Å². The highest BCUT2D eigenvalue weighted by Crippen LogP contribution is 2.14. The second kappa shape index (κ2) is 8.18. The molecule has 0 radical (unpaired) electrons. The maximum atomic E-state index is 12.3. The summed E-state index contributed by atoms with van der Waals surface area (Å²) in [4.78, 5) is 23.3. The monoisotopic (exact) mass is 364 g/mol. The number of primary amides is 1. The minimum absolute atomic E-state index is 0.153. The van der Waals surface area contributed by atoms with E-state index in [-0.39, 0.29) is 12.3 Å². The number of benzene rings is 2. The first-order valence-electron chi connectivity index (χ1n) is 8.37. The van der Waals surface area contributed by atoms with Crippen LogP contribution in [-0.4, -0.2) is 28.7 Å². The third-order valence-electron chi connectivity index (χ3n) is 3.99. The van der Waals surface area contributed by atoms with Crippen LogP contribution in [0.3, 0.4) is 0 Å². The van der Waals surface area contributed by atoms with Gasteiger partial charge in [0, 0.05) is 11.8 Å². The number of ether oxygens (including phenoxy) is 1. The number of nitrogens with two attached hydrogens (primary N) is 1. The normalized spacial score (nSPS) is 10.4. The lowest BCUT2D eigenvalue weighted by Gasteiger charge is -2.05. The van der Waals surface area contributed by atoms with Gasteiger partial charge in [-0.3, -0.25) is 14.3 Å². The summed E-state index contributed by atoms with van der Waals surface area (Å²) in [5, 5.41) is 7.08. The molecule has 0 spiro atoms. The molecular formula is C20H20N4O3. The highest BCUT2D eigenvalue weighted by atomic mass is 16.5. The van der Waals surface area contributed by atoms with Gasteiger partial charge in [0.25, 0.3) is 5.91 Å². The summed E-state index contributed by atoms with van der Waals surface area (Å²) in [5.74, 6) is 0.148. The molecule has 3 rings (SSSR count). The summed E-state index contributed by atoms with van der Waals surface area (Å²) in [6.07, 6.45) is 3.52. The number of hydrogen-bond acceptors (Lipinski definition) is 4. The molecule has 0 saturated carbocycles. The van der Waals surface area contributed by atoms with Gasteiger partial charge in [-0.15, -0.1) is 0 Å². The number of aromatic nitrogens is 2. The quantitative estimate of drug-likeness (QED) is 0.671. The number of amides is 2. The maximum absolute atomic E-state index is 12.3. The molecule has 2 aromatic carbocycles. The molecule has 0 bridgehead atoms. The van der Waals surface area contributed by atoms with Crippen LogP contribution in [0.25, 0.3) is 0 Å². The van der Waals surface area contributed by atoms with Gasteiger partial charge < -0.3 is 15.8 Å². The van der Waals surface area contributed by atoms with Crippen LogP contribution in [0.5, 0.6) is 5.75 Å². The molecule has 1 heterocycles. The second-order valence-corrected chi connectivity index (χ2v) is 6.07. The van der Waals surface area contributed by atoms with Crippen LogP contribution in [0.2, 0.25) is 0 Å². The van der Waals surface area contributed by atoms with Gasteiger partial charge in [0.05, 0.1) is 32.0 Å². The molecule has 0 aliphatic rings. The Morgan fingerprint density at radius 3 is 2.37 bits per heavy atom. The third kappa shape index (κ3) is 4.94. The van der Waals surface area contributed by atoms with E-state index in [1.165, 1.54) is 0 Å². The minimum Gasteiger partial charge on any atom is -0.497 e. The van der Waals surface area contributed by atoms with Gasteiger partial charge in [0.2, 0.25) is 5.91 Å². The Labute approximate surface area is 156 Å². The van der Waals surface area contributed by atoms with Crippen LogP contribution in [0.4, 0.5) is 5.69 Å². The number of hydrogen-bond donors (Lipinski definition) is 2. The lowest BCUT2D eigenvalue weighted by molar-refractivity contribution is -0.117. The van der Waals surface area contributed by atoms with Gasteiger partial charge in [0.1, 0.15) is 5.75 Å². The summed E-state index contributed by atoms with van der Waals surface area (Å²) in [6.45, 7) is 0.585. The minimum atomic E-state index is -0.406. The molecule has 0 saturated heterocycles. The highest BCUT2D eigenvalue weighted by Gasteiger charge is 2.08. The summed E-state index contributed by atoms with van der Waals surface area (Å²) in [6, 6.07) is 14.5. The first-order chi connectivity index (χ1) is 13.0. The molecule has 27 heavy (non-hydrogen) atoms. The van der Waals surface area contributed by atoms with Crippen molar-refractivity contribution in [3.8, 4) is 5.75 Å². The SMILES string of the molecule is COc1ccc(Cn2cc(NC(=O)c3ccc(CC(N)=O)cc3)cn2)cc1. The Hall–Kier alpha value is -3.61. The summed E-state index contributed by atoms with van der Waals surface area (Å²) in [7, 11) is 1.63. The van der Waals surface area contributed by atoms with E-state index < -0.39 is 5.91 Å². The summed E-state index contributed by atoms with van der Waals surface area (Å²) < 4.78 is 6.89. The highest BCUT2D eigenvalue weighted by molar-refractivity contribution is 6.04. The van der Waals surface area contributed by atoms with Crippen LogP contribution in [0.15, 0.2) is 60.9 Å². The van der Waals surface area contributed by atoms with Gasteiger partial charge in [-0.05, 0) is 35.4 Å². The van der Waals surface area contributed by atoms with E-state index in [9.17, 15) is 9.59 Å². The van der Waals surface area contributed by atoms with Crippen molar-refractivity contribution in [1.29, 1.82) is 0 Å². The number of carbonyl (C=O) groups excluding carboxylic acids is 2. The molecule has 0 aliphatic carbocycles. The molecule has 3 aromatic rings. The Bertz CT molecular complexity index is 931. The third-order valence-corrected chi connectivity index (χ3v) is 3.99. The first-order valence-corrected chi connectivity index (χ1v) is 8.37. The number of rotatable bonds is 7. The van der Waals surface area contributed by atoms with Crippen molar-refractivity contribution in [2.75, 3.05) is 12.4 Å². The van der Waals surface area contributed by atoms with Crippen molar-refractivity contribution in [1.82, 2.24) is 9.78 Å². The standard InChI is InChI=1S/C20H20N4O3/c1-27-18-8-4-15(5-9-18)12-24-13-17(11-22-24)23-20(26)16-6-2-14(3-7-16)10-19(21)25/h2-9,11,13H,10,12H2,1H3,(H2,21,25)(H,23,26). The van der Waals surface area contributed by atoms with Gasteiger partial charge in [-0.1, -0.05) is 24.3 Å². The van der Waals surface area contributed by atoms with Crippen molar-refractivity contribution < 1.29 is 14.3 Å². The van der Waals surface area contributed by atoms with E-state index in [2.05, 4.69) is 10.4 Å². The smallest absolute Gasteiger partial charge is 0.255 e. The lowest BCUT2D eigenvalue weighted by atomic mass is 10.1. The molecule has 2 amide bonds. The van der Waals surface area contributed by atoms with Crippen LogP contribution in [0, 0.1) is 0 Å². The zero-order chi connectivity index (χ0) is 19.2.